The van der Waals surface area contributed by atoms with Gasteiger partial charge >= 0.3 is 13.3 Å². The minimum atomic E-state index is -3.69. The number of nitrogens with one attached hydrogen (secondary N) is 1. The van der Waals surface area contributed by atoms with Crippen LogP contribution in [-0.4, -0.2) is 49.4 Å². The number of sulfone groups is 1. The number of benzene rings is 3. The predicted octanol–water partition coefficient (Wildman–Crippen LogP) is 4.48. The largest absolute Gasteiger partial charge is 0.508 e. The number of carboxylic acids is 1. The Bertz CT molecular complexity index is 1660. The maximum Gasteiger partial charge on any atom is 0.326 e. The highest BCUT2D eigenvalue weighted by Crippen LogP contribution is 2.45. The minimum Gasteiger partial charge on any atom is -0.508 e. The SMILES string of the molecule is CCOP(=O)(C#Cc1cc(Cl)c(C(=O)N[C@@H](Cc2cccc(S(C)(=O)=O)c2)C(=O)O)c(Cl)c1)c1cccc(O)c1. The summed E-state index contributed by atoms with van der Waals surface area (Å²) in [5.74, 6) is 0.344. The van der Waals surface area contributed by atoms with Gasteiger partial charge in [-0.25, -0.2) is 13.2 Å². The zero-order valence-electron chi connectivity index (χ0n) is 21.2. The van der Waals surface area contributed by atoms with Crippen LogP contribution in [0.25, 0.3) is 0 Å². The molecule has 0 spiro atoms. The van der Waals surface area contributed by atoms with Gasteiger partial charge in [-0.1, -0.05) is 47.3 Å². The number of carbonyl (C=O) groups is 2. The van der Waals surface area contributed by atoms with Crippen LogP contribution in [0.5, 0.6) is 5.75 Å². The summed E-state index contributed by atoms with van der Waals surface area (Å²) < 4.78 is 42.4. The molecule has 3 N–H and O–H groups in total. The van der Waals surface area contributed by atoms with Crippen molar-refractivity contribution < 1.29 is 37.3 Å². The molecular formula is C27H24Cl2NO8PS. The van der Waals surface area contributed by atoms with E-state index in [4.69, 9.17) is 27.7 Å². The summed E-state index contributed by atoms with van der Waals surface area (Å²) in [6.45, 7) is 1.73. The van der Waals surface area contributed by atoms with Crippen LogP contribution < -0.4 is 10.6 Å². The third-order valence-electron chi connectivity index (χ3n) is 5.47. The molecule has 1 unspecified atom stereocenters. The number of carboxylic acid groups (broad SMARTS) is 1. The number of aliphatic carboxylic acids is 1. The van der Waals surface area contributed by atoms with E-state index in [1.54, 1.807) is 13.0 Å². The lowest BCUT2D eigenvalue weighted by Crippen LogP contribution is -2.42. The number of carbonyl (C=O) groups excluding carboxylic acids is 1. The van der Waals surface area contributed by atoms with Crippen molar-refractivity contribution in [3.05, 3.63) is 87.4 Å². The van der Waals surface area contributed by atoms with Gasteiger partial charge < -0.3 is 20.1 Å². The second-order valence-electron chi connectivity index (χ2n) is 8.53. The second-order valence-corrected chi connectivity index (χ2v) is 13.5. The van der Waals surface area contributed by atoms with Gasteiger partial charge in [-0.2, -0.15) is 0 Å². The lowest BCUT2D eigenvalue weighted by atomic mass is 10.0. The maximum atomic E-state index is 13.4. The summed E-state index contributed by atoms with van der Waals surface area (Å²) in [5, 5.41) is 21.7. The Balaban J connectivity index is 1.87. The third-order valence-corrected chi connectivity index (χ3v) is 9.16. The summed E-state index contributed by atoms with van der Waals surface area (Å²) in [7, 11) is -7.21. The summed E-state index contributed by atoms with van der Waals surface area (Å²) >= 11 is 12.6. The Morgan fingerprint density at radius 2 is 1.73 bits per heavy atom. The van der Waals surface area contributed by atoms with E-state index in [0.717, 1.165) is 6.26 Å². The molecule has 1 amide bonds. The number of hydrogen-bond donors (Lipinski definition) is 3. The molecule has 13 heteroatoms. The first-order valence-electron chi connectivity index (χ1n) is 11.6. The molecule has 3 aromatic rings. The van der Waals surface area contributed by atoms with Gasteiger partial charge in [-0.05, 0) is 60.6 Å². The van der Waals surface area contributed by atoms with Crippen molar-refractivity contribution in [1.82, 2.24) is 5.32 Å². The minimum absolute atomic E-state index is 0.0150. The predicted molar refractivity (Wildman–Crippen MR) is 152 cm³/mol. The van der Waals surface area contributed by atoms with Crippen LogP contribution in [0.15, 0.2) is 65.6 Å². The first kappa shape index (κ1) is 31.2. The number of halogens is 2. The van der Waals surface area contributed by atoms with E-state index in [1.807, 2.05) is 0 Å². The molecule has 210 valence electrons. The van der Waals surface area contributed by atoms with E-state index >= 15 is 0 Å². The van der Waals surface area contributed by atoms with Crippen LogP contribution in [-0.2, 0) is 30.1 Å². The Morgan fingerprint density at radius 3 is 2.30 bits per heavy atom. The van der Waals surface area contributed by atoms with E-state index in [-0.39, 0.29) is 50.1 Å². The quantitative estimate of drug-likeness (QED) is 0.233. The summed E-state index contributed by atoms with van der Waals surface area (Å²) in [4.78, 5) is 24.9. The zero-order chi connectivity index (χ0) is 29.7. The topological polar surface area (TPSA) is 147 Å². The molecule has 3 aromatic carbocycles. The van der Waals surface area contributed by atoms with Crippen molar-refractivity contribution in [2.24, 2.45) is 0 Å². The average Bonchev–Trinajstić information content (AvgIpc) is 2.86. The van der Waals surface area contributed by atoms with Crippen molar-refractivity contribution in [3.8, 4) is 17.3 Å². The van der Waals surface area contributed by atoms with E-state index in [0.29, 0.717) is 5.56 Å². The molecule has 3 rings (SSSR count). The number of aromatic hydroxyl groups is 1. The number of rotatable bonds is 9. The monoisotopic (exact) mass is 623 g/mol. The summed E-state index contributed by atoms with van der Waals surface area (Å²) in [6.07, 6.45) is 0.827. The molecule has 0 aliphatic carbocycles. The lowest BCUT2D eigenvalue weighted by Gasteiger charge is -2.16. The van der Waals surface area contributed by atoms with Gasteiger partial charge in [0.2, 0.25) is 0 Å². The smallest absolute Gasteiger partial charge is 0.326 e. The fourth-order valence-electron chi connectivity index (χ4n) is 3.60. The van der Waals surface area contributed by atoms with Crippen LogP contribution >= 0.6 is 30.6 Å². The average molecular weight is 624 g/mol. The molecule has 0 saturated carbocycles. The third kappa shape index (κ3) is 7.87. The summed E-state index contributed by atoms with van der Waals surface area (Å²) in [5.41, 5.74) is 2.97. The van der Waals surface area contributed by atoms with Crippen molar-refractivity contribution in [2.45, 2.75) is 24.3 Å². The molecule has 0 heterocycles. The van der Waals surface area contributed by atoms with E-state index < -0.39 is 35.1 Å². The Hall–Kier alpha value is -3.32. The zero-order valence-corrected chi connectivity index (χ0v) is 24.4. The molecule has 0 aliphatic heterocycles. The molecule has 9 nitrogen and oxygen atoms in total. The lowest BCUT2D eigenvalue weighted by molar-refractivity contribution is -0.139. The number of amides is 1. The van der Waals surface area contributed by atoms with E-state index in [1.165, 1.54) is 54.6 Å². The molecule has 0 aromatic heterocycles. The summed E-state index contributed by atoms with van der Waals surface area (Å²) in [6, 6.07) is 12.6. The van der Waals surface area contributed by atoms with Gasteiger partial charge in [0.05, 0.1) is 32.4 Å². The highest BCUT2D eigenvalue weighted by Gasteiger charge is 2.26. The van der Waals surface area contributed by atoms with Gasteiger partial charge in [0, 0.05) is 18.2 Å². The molecule has 0 saturated heterocycles. The highest BCUT2D eigenvalue weighted by atomic mass is 35.5. The normalized spacial score (nSPS) is 13.4. The van der Waals surface area contributed by atoms with Gasteiger partial charge in [0.25, 0.3) is 5.91 Å². The van der Waals surface area contributed by atoms with Gasteiger partial charge in [-0.3, -0.25) is 9.36 Å². The Labute approximate surface area is 241 Å². The first-order valence-corrected chi connectivity index (χ1v) is 15.9. The molecule has 0 radical (unpaired) electrons. The van der Waals surface area contributed by atoms with Gasteiger partial charge in [0.1, 0.15) is 11.8 Å². The van der Waals surface area contributed by atoms with Crippen molar-refractivity contribution in [3.63, 3.8) is 0 Å². The maximum absolute atomic E-state index is 13.4. The van der Waals surface area contributed by atoms with E-state index in [2.05, 4.69) is 16.9 Å². The first-order chi connectivity index (χ1) is 18.7. The van der Waals surface area contributed by atoms with Crippen LogP contribution in [0.2, 0.25) is 10.0 Å². The Morgan fingerprint density at radius 1 is 1.07 bits per heavy atom. The second kappa shape index (κ2) is 12.9. The van der Waals surface area contributed by atoms with Crippen LogP contribution in [0.4, 0.5) is 0 Å². The number of hydrogen-bond acceptors (Lipinski definition) is 7. The fraction of sp³-hybridized carbons (Fsp3) is 0.185. The number of phenolic OH excluding ortho intramolecular Hbond substituents is 1. The number of phenols is 1. The van der Waals surface area contributed by atoms with E-state index in [9.17, 15) is 32.8 Å². The Kier molecular flexibility index (Phi) is 10.1. The fourth-order valence-corrected chi connectivity index (χ4v) is 6.52. The standard InChI is InChI=1S/C27H24Cl2NO8PS/c1-3-38-39(35,20-8-5-7-19(31)16-20)11-10-18-13-22(28)25(23(29)14-18)26(32)30-24(27(33)34)15-17-6-4-9-21(12-17)40(2,36)37/h4-9,12-14,16,24,31H,3,15H2,1-2H3,(H,30,32)(H,33,34)/t24-,39?/m0/s1. The molecular weight excluding hydrogens is 600 g/mol. The molecule has 2 atom stereocenters. The van der Waals surface area contributed by atoms with Crippen LogP contribution in [0.1, 0.15) is 28.4 Å². The molecule has 0 bridgehead atoms. The van der Waals surface area contributed by atoms with Crippen molar-refractivity contribution >= 4 is 57.6 Å². The van der Waals surface area contributed by atoms with Crippen molar-refractivity contribution in [1.29, 1.82) is 0 Å². The van der Waals surface area contributed by atoms with Crippen molar-refractivity contribution in [2.75, 3.05) is 12.9 Å². The molecule has 40 heavy (non-hydrogen) atoms. The molecule has 0 aliphatic rings. The van der Waals surface area contributed by atoms with Gasteiger partial charge in [-0.15, -0.1) is 0 Å². The van der Waals surface area contributed by atoms with Gasteiger partial charge in [0.15, 0.2) is 9.84 Å². The van der Waals surface area contributed by atoms with Crippen LogP contribution in [0.3, 0.4) is 0 Å². The molecule has 0 fully saturated rings. The highest BCUT2D eigenvalue weighted by molar-refractivity contribution is 7.90. The van der Waals surface area contributed by atoms with Crippen LogP contribution in [0, 0.1) is 11.6 Å².